The fourth-order valence-electron chi connectivity index (χ4n) is 3.87. The number of anilines is 1. The highest BCUT2D eigenvalue weighted by atomic mass is 19.1. The zero-order valence-corrected chi connectivity index (χ0v) is 19.8. The Hall–Kier alpha value is -4.18. The molecule has 0 spiro atoms. The minimum Gasteiger partial charge on any atom is -0.383 e. The van der Waals surface area contributed by atoms with Crippen molar-refractivity contribution in [2.75, 3.05) is 25.2 Å². The van der Waals surface area contributed by atoms with E-state index < -0.39 is 29.5 Å². The van der Waals surface area contributed by atoms with E-state index in [1.807, 2.05) is 0 Å². The molecule has 0 saturated carbocycles. The molecule has 1 N–H and O–H groups in total. The summed E-state index contributed by atoms with van der Waals surface area (Å²) in [7, 11) is 1.48. The van der Waals surface area contributed by atoms with Gasteiger partial charge in [0, 0.05) is 24.9 Å². The number of aromatic nitrogens is 3. The van der Waals surface area contributed by atoms with Crippen LogP contribution in [0.25, 0.3) is 11.0 Å². The monoisotopic (exact) mass is 493 g/mol. The molecule has 1 atom stereocenters. The number of nitrogens with one attached hydrogen (secondary N) is 1. The van der Waals surface area contributed by atoms with E-state index in [2.05, 4.69) is 15.6 Å². The maximum atomic E-state index is 15.0. The molecule has 0 aliphatic rings. The standard InChI is InChI=1S/C26H25F2N5O3/c1-17-11-12-18(15-21(17)28)33(24(34)16-32-23-10-6-5-9-22(23)30-31-32)25(26(35)29-13-14-36-2)19-7-3-4-8-20(19)27/h3-12,15,25H,13-14,16H2,1-2H3,(H,29,35). The van der Waals surface area contributed by atoms with Crippen molar-refractivity contribution < 1.29 is 23.1 Å². The Balaban J connectivity index is 1.81. The number of nitrogens with zero attached hydrogens (tertiary/aromatic N) is 4. The zero-order chi connectivity index (χ0) is 25.7. The summed E-state index contributed by atoms with van der Waals surface area (Å²) in [5.41, 5.74) is 1.61. The first kappa shape index (κ1) is 24.9. The van der Waals surface area contributed by atoms with E-state index in [4.69, 9.17) is 4.74 Å². The van der Waals surface area contributed by atoms with Crippen molar-refractivity contribution in [3.05, 3.63) is 89.5 Å². The van der Waals surface area contributed by atoms with Crippen molar-refractivity contribution in [1.29, 1.82) is 0 Å². The highest BCUT2D eigenvalue weighted by Gasteiger charge is 2.35. The average Bonchev–Trinajstić information content (AvgIpc) is 3.27. The van der Waals surface area contributed by atoms with Crippen LogP contribution >= 0.6 is 0 Å². The third-order valence-electron chi connectivity index (χ3n) is 5.72. The molecule has 0 fully saturated rings. The van der Waals surface area contributed by atoms with Crippen molar-refractivity contribution in [3.63, 3.8) is 0 Å². The lowest BCUT2D eigenvalue weighted by atomic mass is 10.0. The number of para-hydroxylation sites is 1. The molecular formula is C26H25F2N5O3. The van der Waals surface area contributed by atoms with Crippen molar-refractivity contribution in [3.8, 4) is 0 Å². The lowest BCUT2D eigenvalue weighted by molar-refractivity contribution is -0.127. The molecule has 2 amide bonds. The van der Waals surface area contributed by atoms with Crippen molar-refractivity contribution in [1.82, 2.24) is 20.3 Å². The summed E-state index contributed by atoms with van der Waals surface area (Å²) in [6, 6.07) is 15.5. The highest BCUT2D eigenvalue weighted by Crippen LogP contribution is 2.31. The number of methoxy groups -OCH3 is 1. The molecule has 0 radical (unpaired) electrons. The third kappa shape index (κ3) is 5.23. The molecule has 36 heavy (non-hydrogen) atoms. The molecule has 3 aromatic carbocycles. The molecule has 10 heteroatoms. The molecule has 0 aliphatic heterocycles. The normalized spacial score (nSPS) is 11.9. The summed E-state index contributed by atoms with van der Waals surface area (Å²) < 4.78 is 36.0. The molecule has 4 aromatic rings. The number of benzene rings is 3. The van der Waals surface area contributed by atoms with E-state index in [0.29, 0.717) is 16.6 Å². The van der Waals surface area contributed by atoms with Crippen LogP contribution in [0, 0.1) is 18.6 Å². The number of fused-ring (bicyclic) bond motifs is 1. The Morgan fingerprint density at radius 2 is 1.81 bits per heavy atom. The zero-order valence-electron chi connectivity index (χ0n) is 19.8. The fraction of sp³-hybridized carbons (Fsp3) is 0.231. The number of carbonyl (C=O) groups excluding carboxylic acids is 2. The van der Waals surface area contributed by atoms with E-state index in [1.165, 1.54) is 42.1 Å². The van der Waals surface area contributed by atoms with Gasteiger partial charge in [-0.3, -0.25) is 14.5 Å². The van der Waals surface area contributed by atoms with Crippen LogP contribution in [0.4, 0.5) is 14.5 Å². The second-order valence-electron chi connectivity index (χ2n) is 8.14. The van der Waals surface area contributed by atoms with Gasteiger partial charge < -0.3 is 10.1 Å². The maximum Gasteiger partial charge on any atom is 0.249 e. The molecule has 1 heterocycles. The average molecular weight is 494 g/mol. The Morgan fingerprint density at radius 3 is 2.56 bits per heavy atom. The van der Waals surface area contributed by atoms with Gasteiger partial charge in [0.1, 0.15) is 29.7 Å². The van der Waals surface area contributed by atoms with Crippen molar-refractivity contribution >= 4 is 28.5 Å². The Labute approximate surface area is 206 Å². The number of ether oxygens (including phenoxy) is 1. The topological polar surface area (TPSA) is 89.4 Å². The molecule has 1 aromatic heterocycles. The van der Waals surface area contributed by atoms with Crippen LogP contribution in [-0.4, -0.2) is 47.1 Å². The summed E-state index contributed by atoms with van der Waals surface area (Å²) >= 11 is 0. The van der Waals surface area contributed by atoms with Crippen LogP contribution in [0.2, 0.25) is 0 Å². The second-order valence-corrected chi connectivity index (χ2v) is 8.14. The molecule has 8 nitrogen and oxygen atoms in total. The van der Waals surface area contributed by atoms with Gasteiger partial charge in [-0.25, -0.2) is 13.5 Å². The van der Waals surface area contributed by atoms with Gasteiger partial charge in [0.2, 0.25) is 11.8 Å². The van der Waals surface area contributed by atoms with E-state index in [-0.39, 0.29) is 30.9 Å². The summed E-state index contributed by atoms with van der Waals surface area (Å²) in [6.45, 7) is 1.62. The predicted molar refractivity (Wildman–Crippen MR) is 130 cm³/mol. The lowest BCUT2D eigenvalue weighted by Crippen LogP contribution is -2.46. The number of halogens is 2. The molecule has 4 rings (SSSR count). The Morgan fingerprint density at radius 1 is 1.06 bits per heavy atom. The van der Waals surface area contributed by atoms with E-state index >= 15 is 4.39 Å². The summed E-state index contributed by atoms with van der Waals surface area (Å²) in [5.74, 6) is -2.50. The minimum atomic E-state index is -1.42. The summed E-state index contributed by atoms with van der Waals surface area (Å²) in [6.07, 6.45) is 0. The van der Waals surface area contributed by atoms with Gasteiger partial charge in [-0.1, -0.05) is 41.6 Å². The smallest absolute Gasteiger partial charge is 0.249 e. The quantitative estimate of drug-likeness (QED) is 0.360. The third-order valence-corrected chi connectivity index (χ3v) is 5.72. The predicted octanol–water partition coefficient (Wildman–Crippen LogP) is 3.56. The number of hydrogen-bond acceptors (Lipinski definition) is 5. The van der Waals surface area contributed by atoms with Gasteiger partial charge in [-0.05, 0) is 42.8 Å². The largest absolute Gasteiger partial charge is 0.383 e. The maximum absolute atomic E-state index is 15.0. The van der Waals surface area contributed by atoms with E-state index in [0.717, 1.165) is 11.0 Å². The van der Waals surface area contributed by atoms with Crippen molar-refractivity contribution in [2.24, 2.45) is 0 Å². The number of carbonyl (C=O) groups is 2. The number of hydrogen-bond donors (Lipinski definition) is 1. The van der Waals surface area contributed by atoms with Crippen molar-refractivity contribution in [2.45, 2.75) is 19.5 Å². The Bertz CT molecular complexity index is 1390. The van der Waals surface area contributed by atoms with Crippen LogP contribution < -0.4 is 10.2 Å². The molecular weight excluding hydrogens is 468 g/mol. The first-order valence-electron chi connectivity index (χ1n) is 11.3. The van der Waals surface area contributed by atoms with Gasteiger partial charge in [0.05, 0.1) is 12.1 Å². The molecule has 0 saturated heterocycles. The molecule has 1 unspecified atom stereocenters. The van der Waals surface area contributed by atoms with Gasteiger partial charge in [0.25, 0.3) is 0 Å². The SMILES string of the molecule is COCCNC(=O)C(c1ccccc1F)N(C(=O)Cn1nnc2ccccc21)c1ccc(C)c(F)c1. The first-order chi connectivity index (χ1) is 17.4. The lowest BCUT2D eigenvalue weighted by Gasteiger charge is -2.32. The number of aryl methyl sites for hydroxylation is 1. The Kier molecular flexibility index (Phi) is 7.65. The number of rotatable bonds is 9. The molecule has 0 aliphatic carbocycles. The fourth-order valence-corrected chi connectivity index (χ4v) is 3.87. The van der Waals surface area contributed by atoms with Gasteiger partial charge >= 0.3 is 0 Å². The molecule has 186 valence electrons. The van der Waals surface area contributed by atoms with Crippen LogP contribution in [0.5, 0.6) is 0 Å². The summed E-state index contributed by atoms with van der Waals surface area (Å²) in [5, 5.41) is 10.8. The van der Waals surface area contributed by atoms with E-state index in [1.54, 1.807) is 37.3 Å². The molecule has 0 bridgehead atoms. The minimum absolute atomic E-state index is 0.0369. The van der Waals surface area contributed by atoms with Gasteiger partial charge in [0.15, 0.2) is 0 Å². The van der Waals surface area contributed by atoms with Crippen LogP contribution in [0.3, 0.4) is 0 Å². The highest BCUT2D eigenvalue weighted by molar-refractivity contribution is 6.01. The van der Waals surface area contributed by atoms with E-state index in [9.17, 15) is 14.0 Å². The number of amides is 2. The first-order valence-corrected chi connectivity index (χ1v) is 11.3. The second kappa shape index (κ2) is 11.0. The van der Waals surface area contributed by atoms with Crippen LogP contribution in [0.1, 0.15) is 17.2 Å². The van der Waals surface area contributed by atoms with Gasteiger partial charge in [-0.15, -0.1) is 5.10 Å². The van der Waals surface area contributed by atoms with Gasteiger partial charge in [-0.2, -0.15) is 0 Å². The summed E-state index contributed by atoms with van der Waals surface area (Å²) in [4.78, 5) is 28.3. The van der Waals surface area contributed by atoms with Crippen LogP contribution in [-0.2, 0) is 20.9 Å². The van der Waals surface area contributed by atoms with Crippen LogP contribution in [0.15, 0.2) is 66.7 Å².